The lowest BCUT2D eigenvalue weighted by Crippen LogP contribution is -2.16. The molecule has 0 radical (unpaired) electrons. The molecule has 2 rings (SSSR count). The molecule has 0 saturated carbocycles. The van der Waals surface area contributed by atoms with E-state index in [1.807, 2.05) is 20.8 Å². The van der Waals surface area contributed by atoms with E-state index < -0.39 is 9.84 Å². The molecule has 21 heavy (non-hydrogen) atoms. The lowest BCUT2D eigenvalue weighted by Gasteiger charge is -2.19. The second-order valence-corrected chi connectivity index (χ2v) is 7.95. The average molecular weight is 305 g/mol. The summed E-state index contributed by atoms with van der Waals surface area (Å²) in [5.41, 5.74) is 1.77. The maximum atomic E-state index is 12.5. The quantitative estimate of drug-likeness (QED) is 0.871. The van der Waals surface area contributed by atoms with Gasteiger partial charge in [-0.25, -0.2) is 18.4 Å². The van der Waals surface area contributed by atoms with Crippen LogP contribution in [-0.2, 0) is 21.0 Å². The highest BCUT2D eigenvalue weighted by Gasteiger charge is 2.22. The van der Waals surface area contributed by atoms with Crippen molar-refractivity contribution < 1.29 is 8.42 Å². The molecule has 5 nitrogen and oxygen atoms in total. The third kappa shape index (κ3) is 3.64. The molecular formula is C15H19N3O2S. The molecule has 0 spiro atoms. The Hall–Kier alpha value is -1.82. The predicted molar refractivity (Wildman–Crippen MR) is 80.6 cm³/mol. The molecule has 2 heterocycles. The van der Waals surface area contributed by atoms with Crippen molar-refractivity contribution in [3.8, 4) is 0 Å². The zero-order valence-electron chi connectivity index (χ0n) is 12.7. The van der Waals surface area contributed by atoms with Crippen molar-refractivity contribution in [2.75, 3.05) is 0 Å². The molecule has 0 unspecified atom stereocenters. The standard InChI is InChI=1S/C15H19N3O2S/c1-11-13(5-6-14(18-11)15(2,3)4)21(19,20)9-12-7-8-16-10-17-12/h5-8,10H,9H2,1-4H3. The Kier molecular flexibility index (Phi) is 4.09. The summed E-state index contributed by atoms with van der Waals surface area (Å²) in [6.07, 6.45) is 2.88. The minimum absolute atomic E-state index is 0.111. The number of aromatic nitrogens is 3. The Balaban J connectivity index is 2.37. The topological polar surface area (TPSA) is 72.8 Å². The lowest BCUT2D eigenvalue weighted by molar-refractivity contribution is 0.562. The van der Waals surface area contributed by atoms with E-state index in [2.05, 4.69) is 15.0 Å². The molecule has 0 amide bonds. The second-order valence-electron chi connectivity index (χ2n) is 5.99. The van der Waals surface area contributed by atoms with Gasteiger partial charge < -0.3 is 0 Å². The Bertz CT molecular complexity index is 735. The molecule has 0 atom stereocenters. The van der Waals surface area contributed by atoms with Crippen molar-refractivity contribution in [2.24, 2.45) is 0 Å². The molecule has 112 valence electrons. The first-order valence-electron chi connectivity index (χ1n) is 6.66. The molecular weight excluding hydrogens is 286 g/mol. The fourth-order valence-corrected chi connectivity index (χ4v) is 3.46. The first-order chi connectivity index (χ1) is 9.70. The van der Waals surface area contributed by atoms with Gasteiger partial charge in [0.1, 0.15) is 6.33 Å². The van der Waals surface area contributed by atoms with E-state index in [1.165, 1.54) is 12.5 Å². The molecule has 6 heteroatoms. The molecule has 2 aromatic heterocycles. The summed E-state index contributed by atoms with van der Waals surface area (Å²) >= 11 is 0. The van der Waals surface area contributed by atoms with Gasteiger partial charge in [0.05, 0.1) is 22.0 Å². The third-order valence-electron chi connectivity index (χ3n) is 3.12. The third-order valence-corrected chi connectivity index (χ3v) is 4.90. The van der Waals surface area contributed by atoms with Crippen molar-refractivity contribution >= 4 is 9.84 Å². The number of nitrogens with zero attached hydrogens (tertiary/aromatic N) is 3. The minimum Gasteiger partial charge on any atom is -0.256 e. The molecule has 0 N–H and O–H groups in total. The Morgan fingerprint density at radius 3 is 2.38 bits per heavy atom. The maximum absolute atomic E-state index is 12.5. The Morgan fingerprint density at radius 2 is 1.86 bits per heavy atom. The fourth-order valence-electron chi connectivity index (χ4n) is 1.97. The smallest absolute Gasteiger partial charge is 0.185 e. The molecule has 0 aromatic carbocycles. The van der Waals surface area contributed by atoms with Crippen LogP contribution in [0.15, 0.2) is 35.6 Å². The number of aryl methyl sites for hydroxylation is 1. The number of rotatable bonds is 3. The van der Waals surface area contributed by atoms with Gasteiger partial charge in [-0.15, -0.1) is 0 Å². The van der Waals surface area contributed by atoms with Crippen LogP contribution in [0.2, 0.25) is 0 Å². The summed E-state index contributed by atoms with van der Waals surface area (Å²) in [6.45, 7) is 7.86. The van der Waals surface area contributed by atoms with Crippen LogP contribution in [0.3, 0.4) is 0 Å². The largest absolute Gasteiger partial charge is 0.256 e. The van der Waals surface area contributed by atoms with E-state index in [4.69, 9.17) is 0 Å². The summed E-state index contributed by atoms with van der Waals surface area (Å²) < 4.78 is 25.0. The highest BCUT2D eigenvalue weighted by molar-refractivity contribution is 7.90. The highest BCUT2D eigenvalue weighted by Crippen LogP contribution is 2.24. The van der Waals surface area contributed by atoms with E-state index >= 15 is 0 Å². The van der Waals surface area contributed by atoms with Crippen LogP contribution in [0.5, 0.6) is 0 Å². The van der Waals surface area contributed by atoms with E-state index in [1.54, 1.807) is 25.1 Å². The zero-order valence-corrected chi connectivity index (χ0v) is 13.5. The van der Waals surface area contributed by atoms with E-state index in [-0.39, 0.29) is 16.1 Å². The van der Waals surface area contributed by atoms with Crippen LogP contribution in [0, 0.1) is 6.92 Å². The summed E-state index contributed by atoms with van der Waals surface area (Å²) in [7, 11) is -3.46. The van der Waals surface area contributed by atoms with Gasteiger partial charge in [-0.1, -0.05) is 20.8 Å². The van der Waals surface area contributed by atoms with Crippen LogP contribution >= 0.6 is 0 Å². The van der Waals surface area contributed by atoms with Crippen LogP contribution < -0.4 is 0 Å². The van der Waals surface area contributed by atoms with Crippen molar-refractivity contribution in [3.05, 3.63) is 47.8 Å². The molecule has 0 bridgehead atoms. The van der Waals surface area contributed by atoms with Crippen LogP contribution in [0.4, 0.5) is 0 Å². The minimum atomic E-state index is -3.46. The summed E-state index contributed by atoms with van der Waals surface area (Å²) in [5.74, 6) is -0.146. The van der Waals surface area contributed by atoms with Gasteiger partial charge in [0.2, 0.25) is 0 Å². The van der Waals surface area contributed by atoms with Crippen molar-refractivity contribution in [2.45, 2.75) is 43.8 Å². The summed E-state index contributed by atoms with van der Waals surface area (Å²) in [4.78, 5) is 12.5. The SMILES string of the molecule is Cc1nc(C(C)(C)C)ccc1S(=O)(=O)Cc1ccncn1. The van der Waals surface area contributed by atoms with E-state index in [0.717, 1.165) is 5.69 Å². The van der Waals surface area contributed by atoms with Gasteiger partial charge in [0, 0.05) is 17.3 Å². The van der Waals surface area contributed by atoms with Crippen molar-refractivity contribution in [1.82, 2.24) is 15.0 Å². The Morgan fingerprint density at radius 1 is 1.14 bits per heavy atom. The van der Waals surface area contributed by atoms with Gasteiger partial charge in [0.15, 0.2) is 9.84 Å². The van der Waals surface area contributed by atoms with E-state index in [9.17, 15) is 8.42 Å². The fraction of sp³-hybridized carbons (Fsp3) is 0.400. The van der Waals surface area contributed by atoms with Gasteiger partial charge in [-0.3, -0.25) is 4.98 Å². The van der Waals surface area contributed by atoms with Crippen molar-refractivity contribution in [1.29, 1.82) is 0 Å². The second kappa shape index (κ2) is 5.52. The number of hydrogen-bond donors (Lipinski definition) is 0. The molecule has 0 aliphatic rings. The predicted octanol–water partition coefficient (Wildman–Crippen LogP) is 2.45. The number of hydrogen-bond acceptors (Lipinski definition) is 5. The monoisotopic (exact) mass is 305 g/mol. The summed E-state index contributed by atoms with van der Waals surface area (Å²) in [5, 5.41) is 0. The zero-order chi connectivity index (χ0) is 15.7. The maximum Gasteiger partial charge on any atom is 0.185 e. The van der Waals surface area contributed by atoms with Gasteiger partial charge in [-0.2, -0.15) is 0 Å². The molecule has 0 aliphatic carbocycles. The Labute approximate surface area is 125 Å². The first kappa shape index (κ1) is 15.6. The normalized spacial score (nSPS) is 12.4. The molecule has 0 saturated heterocycles. The van der Waals surface area contributed by atoms with Gasteiger partial charge in [0.25, 0.3) is 0 Å². The van der Waals surface area contributed by atoms with Crippen LogP contribution in [0.25, 0.3) is 0 Å². The molecule has 0 fully saturated rings. The van der Waals surface area contributed by atoms with Crippen LogP contribution in [-0.4, -0.2) is 23.4 Å². The van der Waals surface area contributed by atoms with E-state index in [0.29, 0.717) is 11.4 Å². The molecule has 0 aliphatic heterocycles. The first-order valence-corrected chi connectivity index (χ1v) is 8.31. The average Bonchev–Trinajstić information content (AvgIpc) is 2.37. The summed E-state index contributed by atoms with van der Waals surface area (Å²) in [6, 6.07) is 5.02. The number of pyridine rings is 1. The molecule has 2 aromatic rings. The van der Waals surface area contributed by atoms with Crippen LogP contribution in [0.1, 0.15) is 37.9 Å². The van der Waals surface area contributed by atoms with Gasteiger partial charge >= 0.3 is 0 Å². The number of sulfone groups is 1. The lowest BCUT2D eigenvalue weighted by atomic mass is 9.91. The van der Waals surface area contributed by atoms with Gasteiger partial charge in [-0.05, 0) is 25.1 Å². The highest BCUT2D eigenvalue weighted by atomic mass is 32.2. The van der Waals surface area contributed by atoms with Crippen molar-refractivity contribution in [3.63, 3.8) is 0 Å².